The van der Waals surface area contributed by atoms with Crippen LogP contribution in [0.15, 0.2) is 4.47 Å². The van der Waals surface area contributed by atoms with E-state index in [-0.39, 0.29) is 0 Å². The first-order valence-corrected chi connectivity index (χ1v) is 5.90. The maximum atomic E-state index is 6.23. The second-order valence-corrected chi connectivity index (χ2v) is 4.81. The van der Waals surface area contributed by atoms with Crippen molar-refractivity contribution in [3.8, 4) is 5.75 Å². The number of fused-ring (bicyclic) bond motifs is 1. The molecule has 1 nitrogen and oxygen atoms in total. The Bertz CT molecular complexity index is 351. The fourth-order valence-electron chi connectivity index (χ4n) is 1.86. The van der Waals surface area contributed by atoms with Gasteiger partial charge in [0.05, 0.1) is 11.6 Å². The molecule has 0 fully saturated rings. The van der Waals surface area contributed by atoms with Gasteiger partial charge in [0.2, 0.25) is 0 Å². The molecule has 0 amide bonds. The molecule has 76 valence electrons. The minimum Gasteiger partial charge on any atom is -0.492 e. The molecule has 0 radical (unpaired) electrons. The predicted octanol–water partition coefficient (Wildman–Crippen LogP) is 4.04. The molecule has 0 N–H and O–H groups in total. The highest BCUT2D eigenvalue weighted by atomic mass is 79.9. The molecule has 0 aliphatic carbocycles. The molecule has 0 saturated heterocycles. The van der Waals surface area contributed by atoms with Crippen LogP contribution >= 0.6 is 27.5 Å². The zero-order chi connectivity index (χ0) is 10.3. The zero-order valence-electron chi connectivity index (χ0n) is 8.29. The number of hydrogen-bond donors (Lipinski definition) is 0. The van der Waals surface area contributed by atoms with Crippen LogP contribution in [0.4, 0.5) is 0 Å². The van der Waals surface area contributed by atoms with Crippen molar-refractivity contribution in [3.05, 3.63) is 26.2 Å². The lowest BCUT2D eigenvalue weighted by Crippen LogP contribution is -2.11. The Kier molecular flexibility index (Phi) is 2.76. The third-order valence-electron chi connectivity index (χ3n) is 2.73. The minimum atomic E-state index is 0.761. The van der Waals surface area contributed by atoms with Crippen LogP contribution in [0.25, 0.3) is 0 Å². The molecule has 1 heterocycles. The van der Waals surface area contributed by atoms with Gasteiger partial charge in [-0.2, -0.15) is 0 Å². The fourth-order valence-corrected chi connectivity index (χ4v) is 2.67. The van der Waals surface area contributed by atoms with Gasteiger partial charge in [0.25, 0.3) is 0 Å². The SMILES string of the molecule is Cc1c(Cl)c2c(c(C)c1Br)CCCO2. The van der Waals surface area contributed by atoms with Crippen molar-refractivity contribution >= 4 is 27.5 Å². The number of rotatable bonds is 0. The van der Waals surface area contributed by atoms with Crippen LogP contribution in [-0.4, -0.2) is 6.61 Å². The normalized spacial score (nSPS) is 14.9. The van der Waals surface area contributed by atoms with E-state index >= 15 is 0 Å². The molecule has 1 aromatic carbocycles. The van der Waals surface area contributed by atoms with E-state index in [4.69, 9.17) is 16.3 Å². The molecule has 0 aromatic heterocycles. The van der Waals surface area contributed by atoms with E-state index in [2.05, 4.69) is 22.9 Å². The van der Waals surface area contributed by atoms with Gasteiger partial charge in [-0.3, -0.25) is 0 Å². The predicted molar refractivity (Wildman–Crippen MR) is 62.4 cm³/mol. The van der Waals surface area contributed by atoms with Gasteiger partial charge in [0.1, 0.15) is 5.75 Å². The number of halogens is 2. The summed E-state index contributed by atoms with van der Waals surface area (Å²) in [6.07, 6.45) is 2.15. The van der Waals surface area contributed by atoms with Gasteiger partial charge in [-0.25, -0.2) is 0 Å². The van der Waals surface area contributed by atoms with Crippen LogP contribution < -0.4 is 4.74 Å². The zero-order valence-corrected chi connectivity index (χ0v) is 10.6. The Hall–Kier alpha value is -0.210. The maximum absolute atomic E-state index is 6.23. The summed E-state index contributed by atoms with van der Waals surface area (Å²) in [7, 11) is 0. The molecule has 0 bridgehead atoms. The van der Waals surface area contributed by atoms with Crippen LogP contribution in [0.5, 0.6) is 5.75 Å². The fraction of sp³-hybridized carbons (Fsp3) is 0.455. The van der Waals surface area contributed by atoms with Gasteiger partial charge < -0.3 is 4.74 Å². The lowest BCUT2D eigenvalue weighted by molar-refractivity contribution is 0.287. The second-order valence-electron chi connectivity index (χ2n) is 3.64. The molecular weight excluding hydrogens is 263 g/mol. The summed E-state index contributed by atoms with van der Waals surface area (Å²) in [6.45, 7) is 4.91. The molecule has 1 aliphatic heterocycles. The highest BCUT2D eigenvalue weighted by Gasteiger charge is 2.20. The van der Waals surface area contributed by atoms with Crippen molar-refractivity contribution in [2.24, 2.45) is 0 Å². The largest absolute Gasteiger partial charge is 0.492 e. The van der Waals surface area contributed by atoms with E-state index in [1.165, 1.54) is 11.1 Å². The van der Waals surface area contributed by atoms with Crippen LogP contribution in [-0.2, 0) is 6.42 Å². The highest BCUT2D eigenvalue weighted by molar-refractivity contribution is 9.10. The van der Waals surface area contributed by atoms with Gasteiger partial charge in [0, 0.05) is 4.47 Å². The summed E-state index contributed by atoms with van der Waals surface area (Å²) in [6, 6.07) is 0. The number of benzene rings is 1. The Morgan fingerprint density at radius 1 is 1.29 bits per heavy atom. The van der Waals surface area contributed by atoms with Gasteiger partial charge in [-0.1, -0.05) is 27.5 Å². The summed E-state index contributed by atoms with van der Waals surface area (Å²) in [4.78, 5) is 0. The van der Waals surface area contributed by atoms with E-state index < -0.39 is 0 Å². The average molecular weight is 276 g/mol. The molecule has 0 saturated carbocycles. The van der Waals surface area contributed by atoms with E-state index in [9.17, 15) is 0 Å². The summed E-state index contributed by atoms with van der Waals surface area (Å²) in [5, 5.41) is 0.761. The van der Waals surface area contributed by atoms with Crippen LogP contribution in [0.3, 0.4) is 0 Å². The Labute approximate surface area is 97.5 Å². The maximum Gasteiger partial charge on any atom is 0.141 e. The molecular formula is C11H12BrClO. The third kappa shape index (κ3) is 1.45. The van der Waals surface area contributed by atoms with Crippen molar-refractivity contribution in [2.45, 2.75) is 26.7 Å². The van der Waals surface area contributed by atoms with Gasteiger partial charge in [-0.05, 0) is 43.4 Å². The Morgan fingerprint density at radius 3 is 2.71 bits per heavy atom. The summed E-state index contributed by atoms with van der Waals surface area (Å²) >= 11 is 9.80. The van der Waals surface area contributed by atoms with E-state index in [1.807, 2.05) is 6.92 Å². The first kappa shape index (κ1) is 10.3. The lowest BCUT2D eigenvalue weighted by Gasteiger charge is -2.22. The Balaban J connectivity index is 2.71. The molecule has 0 unspecified atom stereocenters. The molecule has 1 aliphatic rings. The first-order chi connectivity index (χ1) is 6.63. The van der Waals surface area contributed by atoms with Gasteiger partial charge in [-0.15, -0.1) is 0 Å². The van der Waals surface area contributed by atoms with Gasteiger partial charge >= 0.3 is 0 Å². The average Bonchev–Trinajstić information content (AvgIpc) is 2.23. The van der Waals surface area contributed by atoms with Crippen LogP contribution in [0.1, 0.15) is 23.1 Å². The van der Waals surface area contributed by atoms with E-state index in [0.29, 0.717) is 0 Å². The standard InChI is InChI=1S/C11H12BrClO/c1-6-8-4-3-5-14-11(8)10(13)7(2)9(6)12/h3-5H2,1-2H3. The number of hydrogen-bond acceptors (Lipinski definition) is 1. The number of ether oxygens (including phenoxy) is 1. The minimum absolute atomic E-state index is 0.761. The second kappa shape index (κ2) is 3.74. The van der Waals surface area contributed by atoms with Crippen molar-refractivity contribution in [1.82, 2.24) is 0 Å². The smallest absolute Gasteiger partial charge is 0.141 e. The summed E-state index contributed by atoms with van der Waals surface area (Å²) in [5.41, 5.74) is 3.60. The van der Waals surface area contributed by atoms with Gasteiger partial charge in [0.15, 0.2) is 0 Å². The molecule has 0 spiro atoms. The van der Waals surface area contributed by atoms with Crippen LogP contribution in [0.2, 0.25) is 5.02 Å². The van der Waals surface area contributed by atoms with Crippen molar-refractivity contribution in [3.63, 3.8) is 0 Å². The summed E-state index contributed by atoms with van der Waals surface area (Å²) in [5.74, 6) is 0.899. The van der Waals surface area contributed by atoms with Crippen LogP contribution in [0, 0.1) is 13.8 Å². The molecule has 3 heteroatoms. The van der Waals surface area contributed by atoms with E-state index in [1.54, 1.807) is 0 Å². The van der Waals surface area contributed by atoms with Crippen molar-refractivity contribution < 1.29 is 4.74 Å². The van der Waals surface area contributed by atoms with Crippen molar-refractivity contribution in [2.75, 3.05) is 6.61 Å². The summed E-state index contributed by atoms with van der Waals surface area (Å²) < 4.78 is 6.74. The Morgan fingerprint density at radius 2 is 2.00 bits per heavy atom. The molecule has 1 aromatic rings. The molecule has 14 heavy (non-hydrogen) atoms. The van der Waals surface area contributed by atoms with E-state index in [0.717, 1.165) is 40.3 Å². The lowest BCUT2D eigenvalue weighted by atomic mass is 9.98. The van der Waals surface area contributed by atoms with Crippen molar-refractivity contribution in [1.29, 1.82) is 0 Å². The third-order valence-corrected chi connectivity index (χ3v) is 4.38. The molecule has 2 rings (SSSR count). The highest BCUT2D eigenvalue weighted by Crippen LogP contribution is 2.41. The molecule has 0 atom stereocenters. The topological polar surface area (TPSA) is 9.23 Å². The first-order valence-electron chi connectivity index (χ1n) is 4.72. The monoisotopic (exact) mass is 274 g/mol. The quantitative estimate of drug-likeness (QED) is 0.694.